The van der Waals surface area contributed by atoms with Gasteiger partial charge in [-0.3, -0.25) is 4.79 Å². The Labute approximate surface area is 118 Å². The highest BCUT2D eigenvalue weighted by Gasteiger charge is 2.24. The number of ether oxygens (including phenoxy) is 1. The molecule has 1 aliphatic rings. The number of carbonyl (C=O) groups is 1. The van der Waals surface area contributed by atoms with E-state index < -0.39 is 0 Å². The molecule has 0 bridgehead atoms. The van der Waals surface area contributed by atoms with Crippen LogP contribution in [-0.4, -0.2) is 54.5 Å². The van der Waals surface area contributed by atoms with Crippen LogP contribution in [0.4, 0.5) is 5.82 Å². The fraction of sp³-hybridized carbons (Fsp3) is 0.615. The molecule has 1 aliphatic heterocycles. The monoisotopic (exact) mass is 279 g/mol. The van der Waals surface area contributed by atoms with Crippen molar-refractivity contribution in [3.05, 3.63) is 17.8 Å². The number of rotatable bonds is 4. The molecule has 7 nitrogen and oxygen atoms in total. The van der Waals surface area contributed by atoms with E-state index in [9.17, 15) is 4.79 Å². The number of morpholine rings is 1. The van der Waals surface area contributed by atoms with Crippen molar-refractivity contribution in [3.63, 3.8) is 0 Å². The molecular formula is C13H21N5O2. The SMILES string of the molecule is CCNC(=O)c1ccc(N2CCOC(C(C)N)C2)nn1. The molecule has 1 amide bonds. The Morgan fingerprint density at radius 2 is 2.40 bits per heavy atom. The zero-order valence-electron chi connectivity index (χ0n) is 11.9. The first-order valence-corrected chi connectivity index (χ1v) is 6.86. The van der Waals surface area contributed by atoms with Gasteiger partial charge in [-0.25, -0.2) is 0 Å². The predicted molar refractivity (Wildman–Crippen MR) is 75.6 cm³/mol. The highest BCUT2D eigenvalue weighted by atomic mass is 16.5. The van der Waals surface area contributed by atoms with Crippen molar-refractivity contribution in [2.45, 2.75) is 26.0 Å². The number of amides is 1. The maximum atomic E-state index is 11.6. The van der Waals surface area contributed by atoms with Crippen molar-refractivity contribution in [2.75, 3.05) is 31.1 Å². The van der Waals surface area contributed by atoms with Gasteiger partial charge in [0.1, 0.15) is 0 Å². The molecule has 1 aromatic heterocycles. The summed E-state index contributed by atoms with van der Waals surface area (Å²) < 4.78 is 5.61. The Balaban J connectivity index is 2.04. The average Bonchev–Trinajstić information content (AvgIpc) is 2.48. The van der Waals surface area contributed by atoms with E-state index >= 15 is 0 Å². The fourth-order valence-corrected chi connectivity index (χ4v) is 2.07. The van der Waals surface area contributed by atoms with Gasteiger partial charge in [-0.2, -0.15) is 0 Å². The molecule has 1 saturated heterocycles. The van der Waals surface area contributed by atoms with Crippen LogP contribution in [0.25, 0.3) is 0 Å². The number of hydrogen-bond donors (Lipinski definition) is 2. The Morgan fingerprint density at radius 3 is 3.00 bits per heavy atom. The standard InChI is InChI=1S/C13H21N5O2/c1-3-15-13(19)10-4-5-12(17-16-10)18-6-7-20-11(8-18)9(2)14/h4-5,9,11H,3,6-8,14H2,1-2H3,(H,15,19). The molecule has 2 heterocycles. The van der Waals surface area contributed by atoms with Crippen molar-refractivity contribution in [1.29, 1.82) is 0 Å². The average molecular weight is 279 g/mol. The lowest BCUT2D eigenvalue weighted by Crippen LogP contribution is -2.50. The van der Waals surface area contributed by atoms with Crippen LogP contribution in [0, 0.1) is 0 Å². The minimum atomic E-state index is -0.206. The topological polar surface area (TPSA) is 93.4 Å². The normalized spacial score (nSPS) is 20.6. The van der Waals surface area contributed by atoms with Crippen LogP contribution < -0.4 is 16.0 Å². The van der Waals surface area contributed by atoms with Crippen molar-refractivity contribution in [3.8, 4) is 0 Å². The molecule has 2 rings (SSSR count). The van der Waals surface area contributed by atoms with Crippen LogP contribution in [0.3, 0.4) is 0 Å². The van der Waals surface area contributed by atoms with E-state index in [0.717, 1.165) is 12.4 Å². The van der Waals surface area contributed by atoms with Gasteiger partial charge in [-0.1, -0.05) is 0 Å². The molecule has 0 spiro atoms. The number of nitrogens with one attached hydrogen (secondary N) is 1. The van der Waals surface area contributed by atoms with E-state index in [1.54, 1.807) is 12.1 Å². The third kappa shape index (κ3) is 3.43. The lowest BCUT2D eigenvalue weighted by atomic mass is 10.1. The molecule has 1 fully saturated rings. The molecule has 0 aliphatic carbocycles. The highest BCUT2D eigenvalue weighted by Crippen LogP contribution is 2.15. The van der Waals surface area contributed by atoms with Crippen LogP contribution >= 0.6 is 0 Å². The van der Waals surface area contributed by atoms with E-state index in [2.05, 4.69) is 20.4 Å². The first-order chi connectivity index (χ1) is 9.61. The predicted octanol–water partition coefficient (Wildman–Crippen LogP) is -0.221. The molecule has 7 heteroatoms. The van der Waals surface area contributed by atoms with Crippen LogP contribution in [0.5, 0.6) is 0 Å². The minimum absolute atomic E-state index is 0.00591. The first-order valence-electron chi connectivity index (χ1n) is 6.86. The lowest BCUT2D eigenvalue weighted by molar-refractivity contribution is 0.0273. The summed E-state index contributed by atoms with van der Waals surface area (Å²) in [5.74, 6) is 0.536. The Morgan fingerprint density at radius 1 is 1.60 bits per heavy atom. The Hall–Kier alpha value is -1.73. The molecule has 1 aromatic rings. The fourth-order valence-electron chi connectivity index (χ4n) is 2.07. The van der Waals surface area contributed by atoms with Gasteiger partial charge in [0.25, 0.3) is 5.91 Å². The van der Waals surface area contributed by atoms with Crippen molar-refractivity contribution in [1.82, 2.24) is 15.5 Å². The second-order valence-corrected chi connectivity index (χ2v) is 4.85. The molecule has 20 heavy (non-hydrogen) atoms. The smallest absolute Gasteiger partial charge is 0.271 e. The summed E-state index contributed by atoms with van der Waals surface area (Å²) in [5.41, 5.74) is 6.19. The second-order valence-electron chi connectivity index (χ2n) is 4.85. The summed E-state index contributed by atoms with van der Waals surface area (Å²) in [6, 6.07) is 3.46. The van der Waals surface area contributed by atoms with E-state index in [0.29, 0.717) is 25.4 Å². The third-order valence-electron chi connectivity index (χ3n) is 3.22. The number of carbonyl (C=O) groups excluding carboxylic acids is 1. The van der Waals surface area contributed by atoms with Gasteiger partial charge in [0.15, 0.2) is 11.5 Å². The second kappa shape index (κ2) is 6.62. The van der Waals surface area contributed by atoms with Crippen molar-refractivity contribution in [2.24, 2.45) is 5.73 Å². The van der Waals surface area contributed by atoms with Crippen LogP contribution in [0.1, 0.15) is 24.3 Å². The van der Waals surface area contributed by atoms with E-state index in [4.69, 9.17) is 10.5 Å². The summed E-state index contributed by atoms with van der Waals surface area (Å²) in [5, 5.41) is 10.8. The molecule has 0 radical (unpaired) electrons. The summed E-state index contributed by atoms with van der Waals surface area (Å²) in [7, 11) is 0. The molecule has 2 unspecified atom stereocenters. The molecule has 0 saturated carbocycles. The number of aromatic nitrogens is 2. The van der Waals surface area contributed by atoms with E-state index in [-0.39, 0.29) is 18.1 Å². The number of anilines is 1. The number of hydrogen-bond acceptors (Lipinski definition) is 6. The highest BCUT2D eigenvalue weighted by molar-refractivity contribution is 5.92. The maximum Gasteiger partial charge on any atom is 0.271 e. The summed E-state index contributed by atoms with van der Waals surface area (Å²) in [4.78, 5) is 13.7. The number of nitrogens with zero attached hydrogens (tertiary/aromatic N) is 3. The molecule has 110 valence electrons. The summed E-state index contributed by atoms with van der Waals surface area (Å²) in [6.07, 6.45) is -0.00591. The van der Waals surface area contributed by atoms with Gasteiger partial charge in [0.2, 0.25) is 0 Å². The maximum absolute atomic E-state index is 11.6. The van der Waals surface area contributed by atoms with Gasteiger partial charge in [0.05, 0.1) is 12.7 Å². The summed E-state index contributed by atoms with van der Waals surface area (Å²) >= 11 is 0. The lowest BCUT2D eigenvalue weighted by Gasteiger charge is -2.35. The van der Waals surface area contributed by atoms with Gasteiger partial charge in [-0.05, 0) is 26.0 Å². The molecule has 0 aromatic carbocycles. The largest absolute Gasteiger partial charge is 0.373 e. The molecule has 2 atom stereocenters. The zero-order chi connectivity index (χ0) is 14.5. The first kappa shape index (κ1) is 14.7. The van der Waals surface area contributed by atoms with Gasteiger partial charge < -0.3 is 20.7 Å². The van der Waals surface area contributed by atoms with Gasteiger partial charge >= 0.3 is 0 Å². The third-order valence-corrected chi connectivity index (χ3v) is 3.22. The molecular weight excluding hydrogens is 258 g/mol. The molecule has 3 N–H and O–H groups in total. The Kier molecular flexibility index (Phi) is 4.86. The quantitative estimate of drug-likeness (QED) is 0.791. The Bertz CT molecular complexity index is 449. The van der Waals surface area contributed by atoms with Crippen LogP contribution in [0.2, 0.25) is 0 Å². The minimum Gasteiger partial charge on any atom is -0.373 e. The van der Waals surface area contributed by atoms with Crippen LogP contribution in [0.15, 0.2) is 12.1 Å². The van der Waals surface area contributed by atoms with E-state index in [1.807, 2.05) is 13.8 Å². The van der Waals surface area contributed by atoms with Crippen LogP contribution in [-0.2, 0) is 4.74 Å². The summed E-state index contributed by atoms with van der Waals surface area (Å²) in [6.45, 7) is 6.42. The zero-order valence-corrected chi connectivity index (χ0v) is 11.9. The van der Waals surface area contributed by atoms with Gasteiger partial charge in [0, 0.05) is 25.7 Å². The van der Waals surface area contributed by atoms with E-state index in [1.165, 1.54) is 0 Å². The number of nitrogens with two attached hydrogens (primary N) is 1. The van der Waals surface area contributed by atoms with Crippen molar-refractivity contribution >= 4 is 11.7 Å². The van der Waals surface area contributed by atoms with Crippen molar-refractivity contribution < 1.29 is 9.53 Å². The van der Waals surface area contributed by atoms with Gasteiger partial charge in [-0.15, -0.1) is 10.2 Å².